The van der Waals surface area contributed by atoms with Crippen LogP contribution in [0.3, 0.4) is 0 Å². The molecule has 0 radical (unpaired) electrons. The van der Waals surface area contributed by atoms with Gasteiger partial charge in [0.15, 0.2) is 0 Å². The second-order valence-electron chi connectivity index (χ2n) is 6.56. The maximum atomic E-state index is 12.8. The number of hydrogen-bond acceptors (Lipinski definition) is 6. The number of carbonyl (C=O) groups is 1. The molecule has 0 bridgehead atoms. The molecule has 1 amide bonds. The van der Waals surface area contributed by atoms with Crippen LogP contribution in [0.25, 0.3) is 10.2 Å². The zero-order valence-electron chi connectivity index (χ0n) is 16.3. The Morgan fingerprint density at radius 1 is 1.17 bits per heavy atom. The summed E-state index contributed by atoms with van der Waals surface area (Å²) in [7, 11) is -1.11. The molecule has 1 heterocycles. The van der Waals surface area contributed by atoms with Gasteiger partial charge in [0, 0.05) is 13.1 Å². The van der Waals surface area contributed by atoms with Crippen molar-refractivity contribution < 1.29 is 17.9 Å². The van der Waals surface area contributed by atoms with E-state index in [1.165, 1.54) is 32.4 Å². The van der Waals surface area contributed by atoms with Crippen LogP contribution in [-0.4, -0.2) is 33.0 Å². The van der Waals surface area contributed by atoms with Gasteiger partial charge in [-0.1, -0.05) is 11.3 Å². The fraction of sp³-hybridized carbons (Fsp3) is 0.263. The molecule has 3 rings (SSSR count). The number of aromatic nitrogens is 1. The van der Waals surface area contributed by atoms with Crippen LogP contribution < -0.4 is 19.6 Å². The van der Waals surface area contributed by atoms with Gasteiger partial charge >= 0.3 is 4.87 Å². The minimum Gasteiger partial charge on any atom is -0.496 e. The highest BCUT2D eigenvalue weighted by atomic mass is 32.2. The van der Waals surface area contributed by atoms with E-state index >= 15 is 0 Å². The second kappa shape index (κ2) is 7.88. The number of methoxy groups -OCH3 is 1. The lowest BCUT2D eigenvalue weighted by molar-refractivity contribution is 0.0960. The topological polar surface area (TPSA) is 107 Å². The average molecular weight is 436 g/mol. The molecule has 0 saturated carbocycles. The van der Waals surface area contributed by atoms with Crippen LogP contribution in [0.5, 0.6) is 5.75 Å². The lowest BCUT2D eigenvalue weighted by Gasteiger charge is -2.12. The number of anilines is 1. The van der Waals surface area contributed by atoms with Crippen molar-refractivity contribution in [3.05, 3.63) is 51.6 Å². The first-order chi connectivity index (χ1) is 13.7. The Hall–Kier alpha value is -2.85. The maximum Gasteiger partial charge on any atom is 0.308 e. The van der Waals surface area contributed by atoms with Gasteiger partial charge in [0.25, 0.3) is 15.9 Å². The molecule has 3 aromatic rings. The number of amides is 1. The lowest BCUT2D eigenvalue weighted by Crippen LogP contribution is -2.20. The van der Waals surface area contributed by atoms with Crippen LogP contribution in [0, 0.1) is 0 Å². The van der Waals surface area contributed by atoms with Crippen molar-refractivity contribution in [3.63, 3.8) is 0 Å². The Balaban J connectivity index is 1.99. The van der Waals surface area contributed by atoms with Gasteiger partial charge < -0.3 is 10.1 Å². The van der Waals surface area contributed by atoms with E-state index in [9.17, 15) is 18.0 Å². The number of sulfonamides is 1. The number of nitrogens with zero attached hydrogens (tertiary/aromatic N) is 1. The summed E-state index contributed by atoms with van der Waals surface area (Å²) in [5, 5.41) is 2.46. The molecule has 0 unspecified atom stereocenters. The summed E-state index contributed by atoms with van der Waals surface area (Å²) in [6, 6.07) is 8.99. The van der Waals surface area contributed by atoms with Crippen LogP contribution in [-0.2, 0) is 10.0 Å². The Kier molecular flexibility index (Phi) is 5.67. The quantitative estimate of drug-likeness (QED) is 0.619. The molecule has 10 heteroatoms. The Morgan fingerprint density at radius 3 is 2.52 bits per heavy atom. The Morgan fingerprint density at radius 2 is 1.90 bits per heavy atom. The molecule has 0 atom stereocenters. The average Bonchev–Trinajstić information content (AvgIpc) is 3.01. The number of rotatable bonds is 6. The van der Waals surface area contributed by atoms with Gasteiger partial charge in [-0.2, -0.15) is 0 Å². The molecular weight excluding hydrogens is 414 g/mol. The largest absolute Gasteiger partial charge is 0.496 e. The van der Waals surface area contributed by atoms with Gasteiger partial charge in [-0.3, -0.25) is 18.9 Å². The highest BCUT2D eigenvalue weighted by molar-refractivity contribution is 7.92. The number of nitrogens with one attached hydrogen (secondary N) is 2. The van der Waals surface area contributed by atoms with Gasteiger partial charge in [0.1, 0.15) is 5.75 Å². The number of benzene rings is 2. The molecule has 2 aromatic carbocycles. The summed E-state index contributed by atoms with van der Waals surface area (Å²) in [5.41, 5.74) is 1.19. The predicted octanol–water partition coefficient (Wildman–Crippen LogP) is 2.81. The molecular formula is C19H21N3O5S2. The monoisotopic (exact) mass is 435 g/mol. The van der Waals surface area contributed by atoms with Crippen molar-refractivity contribution in [1.29, 1.82) is 0 Å². The third kappa shape index (κ3) is 3.99. The van der Waals surface area contributed by atoms with E-state index in [1.54, 1.807) is 22.8 Å². The first kappa shape index (κ1) is 20.9. The molecule has 8 nitrogen and oxygen atoms in total. The molecule has 0 aliphatic rings. The molecule has 1 aromatic heterocycles. The summed E-state index contributed by atoms with van der Waals surface area (Å²) < 4.78 is 35.6. The fourth-order valence-electron chi connectivity index (χ4n) is 2.97. The Labute approximate surface area is 172 Å². The smallest absolute Gasteiger partial charge is 0.308 e. The summed E-state index contributed by atoms with van der Waals surface area (Å²) >= 11 is 1.06. The van der Waals surface area contributed by atoms with E-state index in [-0.39, 0.29) is 27.1 Å². The maximum absolute atomic E-state index is 12.8. The second-order valence-corrected chi connectivity index (χ2v) is 9.24. The van der Waals surface area contributed by atoms with Gasteiger partial charge in [0.2, 0.25) is 0 Å². The van der Waals surface area contributed by atoms with E-state index in [0.717, 1.165) is 16.9 Å². The van der Waals surface area contributed by atoms with Gasteiger partial charge in [0.05, 0.1) is 33.5 Å². The standard InChI is InChI=1S/C19H21N3O5S2/c1-11(2)22-15-7-5-12(9-17(15)28-19(22)24)21-29(25,26)13-6-8-16(27-4)14(10-13)18(23)20-3/h5-11,21H,1-4H3,(H,20,23). The molecule has 29 heavy (non-hydrogen) atoms. The number of fused-ring (bicyclic) bond motifs is 1. The summed E-state index contributed by atoms with van der Waals surface area (Å²) in [4.78, 5) is 24.0. The summed E-state index contributed by atoms with van der Waals surface area (Å²) in [5.74, 6) is -0.190. The third-order valence-corrected chi connectivity index (χ3v) is 6.63. The van der Waals surface area contributed by atoms with E-state index < -0.39 is 15.9 Å². The van der Waals surface area contributed by atoms with E-state index in [0.29, 0.717) is 10.4 Å². The molecule has 0 aliphatic heterocycles. The molecule has 0 fully saturated rings. The number of thiazole rings is 1. The highest BCUT2D eigenvalue weighted by Gasteiger charge is 2.20. The van der Waals surface area contributed by atoms with Crippen molar-refractivity contribution >= 4 is 43.2 Å². The molecule has 2 N–H and O–H groups in total. The van der Waals surface area contributed by atoms with Crippen LogP contribution in [0.1, 0.15) is 30.2 Å². The SMILES string of the molecule is CNC(=O)c1cc(S(=O)(=O)Nc2ccc3c(c2)sc(=O)n3C(C)C)ccc1OC. The minimum atomic E-state index is -3.96. The fourth-order valence-corrected chi connectivity index (χ4v) is 5.10. The summed E-state index contributed by atoms with van der Waals surface area (Å²) in [6.45, 7) is 3.83. The molecule has 0 spiro atoms. The Bertz CT molecular complexity index is 1240. The number of hydrogen-bond donors (Lipinski definition) is 2. The molecule has 154 valence electrons. The van der Waals surface area contributed by atoms with Crippen LogP contribution in [0.4, 0.5) is 5.69 Å². The van der Waals surface area contributed by atoms with Crippen molar-refractivity contribution in [3.8, 4) is 5.75 Å². The van der Waals surface area contributed by atoms with E-state index in [4.69, 9.17) is 4.74 Å². The minimum absolute atomic E-state index is 0.00113. The van der Waals surface area contributed by atoms with Crippen molar-refractivity contribution in [2.24, 2.45) is 0 Å². The predicted molar refractivity (Wildman–Crippen MR) is 114 cm³/mol. The van der Waals surface area contributed by atoms with Gasteiger partial charge in [-0.05, 0) is 50.2 Å². The van der Waals surface area contributed by atoms with Crippen LogP contribution >= 0.6 is 11.3 Å². The zero-order chi connectivity index (χ0) is 21.3. The van der Waals surface area contributed by atoms with Crippen molar-refractivity contribution in [2.45, 2.75) is 24.8 Å². The van der Waals surface area contributed by atoms with E-state index in [1.807, 2.05) is 13.8 Å². The van der Waals surface area contributed by atoms with E-state index in [2.05, 4.69) is 10.0 Å². The van der Waals surface area contributed by atoms with Crippen LogP contribution in [0.15, 0.2) is 46.1 Å². The first-order valence-electron chi connectivity index (χ1n) is 8.76. The normalized spacial score (nSPS) is 11.6. The van der Waals surface area contributed by atoms with Gasteiger partial charge in [-0.15, -0.1) is 0 Å². The first-order valence-corrected chi connectivity index (χ1v) is 11.1. The third-order valence-electron chi connectivity index (χ3n) is 4.33. The van der Waals surface area contributed by atoms with Crippen molar-refractivity contribution in [1.82, 2.24) is 9.88 Å². The lowest BCUT2D eigenvalue weighted by atomic mass is 10.2. The van der Waals surface area contributed by atoms with Crippen LogP contribution in [0.2, 0.25) is 0 Å². The number of carbonyl (C=O) groups excluding carboxylic acids is 1. The number of ether oxygens (including phenoxy) is 1. The molecule has 0 saturated heterocycles. The van der Waals surface area contributed by atoms with Gasteiger partial charge in [-0.25, -0.2) is 8.42 Å². The molecule has 0 aliphatic carbocycles. The van der Waals surface area contributed by atoms with Crippen molar-refractivity contribution in [2.75, 3.05) is 18.9 Å². The summed E-state index contributed by atoms with van der Waals surface area (Å²) in [6.07, 6.45) is 0. The highest BCUT2D eigenvalue weighted by Crippen LogP contribution is 2.27. The zero-order valence-corrected chi connectivity index (χ0v) is 18.0.